The number of hydrogen-bond acceptors (Lipinski definition) is 1. The molecule has 0 radical (unpaired) electrons. The van der Waals surface area contributed by atoms with E-state index in [1.54, 1.807) is 6.07 Å². The molecule has 0 aliphatic rings. The van der Waals surface area contributed by atoms with E-state index in [0.717, 1.165) is 18.4 Å². The molecule has 0 aliphatic carbocycles. The standard InChI is InChI=1S/C12H15FO/c1-3-4-5-12(14)11-8-10(13)7-6-9(11)2/h6-8H,3-5H2,1-2H3. The molecule has 0 atom stereocenters. The smallest absolute Gasteiger partial charge is 0.163 e. The minimum atomic E-state index is -0.338. The molecule has 1 nitrogen and oxygen atoms in total. The zero-order valence-electron chi connectivity index (χ0n) is 8.64. The first-order valence-corrected chi connectivity index (χ1v) is 4.94. The molecule has 0 fully saturated rings. The Bertz CT molecular complexity index is 331. The summed E-state index contributed by atoms with van der Waals surface area (Å²) >= 11 is 0. The van der Waals surface area contributed by atoms with Crippen molar-refractivity contribution in [1.82, 2.24) is 0 Å². The van der Waals surface area contributed by atoms with E-state index >= 15 is 0 Å². The summed E-state index contributed by atoms with van der Waals surface area (Å²) in [7, 11) is 0. The summed E-state index contributed by atoms with van der Waals surface area (Å²) in [5, 5.41) is 0. The van der Waals surface area contributed by atoms with Crippen LogP contribution in [-0.2, 0) is 0 Å². The highest BCUT2D eigenvalue weighted by Gasteiger charge is 2.08. The average Bonchev–Trinajstić information content (AvgIpc) is 2.18. The summed E-state index contributed by atoms with van der Waals surface area (Å²) in [6, 6.07) is 4.35. The number of ketones is 1. The SMILES string of the molecule is CCCCC(=O)c1cc(F)ccc1C. The molecular formula is C12H15FO. The molecule has 0 unspecified atom stereocenters. The summed E-state index contributed by atoms with van der Waals surface area (Å²) in [4.78, 5) is 11.6. The maximum absolute atomic E-state index is 12.9. The number of rotatable bonds is 4. The number of carbonyl (C=O) groups is 1. The van der Waals surface area contributed by atoms with Crippen molar-refractivity contribution in [2.24, 2.45) is 0 Å². The fourth-order valence-corrected chi connectivity index (χ4v) is 1.37. The van der Waals surface area contributed by atoms with Crippen molar-refractivity contribution in [1.29, 1.82) is 0 Å². The highest BCUT2D eigenvalue weighted by molar-refractivity contribution is 5.97. The van der Waals surface area contributed by atoms with Crippen LogP contribution in [-0.4, -0.2) is 5.78 Å². The predicted molar refractivity (Wildman–Crippen MR) is 55.0 cm³/mol. The quantitative estimate of drug-likeness (QED) is 0.670. The van der Waals surface area contributed by atoms with E-state index < -0.39 is 0 Å². The third-order valence-corrected chi connectivity index (χ3v) is 2.26. The number of unbranched alkanes of at least 4 members (excludes halogenated alkanes) is 1. The molecule has 76 valence electrons. The molecule has 0 amide bonds. The normalized spacial score (nSPS) is 10.2. The van der Waals surface area contributed by atoms with Crippen molar-refractivity contribution < 1.29 is 9.18 Å². The molecule has 0 spiro atoms. The lowest BCUT2D eigenvalue weighted by molar-refractivity contribution is 0.0978. The molecule has 0 saturated heterocycles. The van der Waals surface area contributed by atoms with Gasteiger partial charge in [0, 0.05) is 12.0 Å². The third-order valence-electron chi connectivity index (χ3n) is 2.26. The van der Waals surface area contributed by atoms with Crippen LogP contribution in [0.4, 0.5) is 4.39 Å². The van der Waals surface area contributed by atoms with Gasteiger partial charge in [-0.2, -0.15) is 0 Å². The molecule has 0 heterocycles. The van der Waals surface area contributed by atoms with Gasteiger partial charge in [-0.05, 0) is 31.0 Å². The van der Waals surface area contributed by atoms with Gasteiger partial charge in [-0.1, -0.05) is 19.4 Å². The number of Topliss-reactive ketones (excluding diaryl/α,β-unsaturated/α-hetero) is 1. The molecule has 1 rings (SSSR count). The van der Waals surface area contributed by atoms with Crippen LogP contribution < -0.4 is 0 Å². The van der Waals surface area contributed by atoms with Crippen molar-refractivity contribution >= 4 is 5.78 Å². The van der Waals surface area contributed by atoms with Crippen LogP contribution in [0.5, 0.6) is 0 Å². The molecule has 0 bridgehead atoms. The lowest BCUT2D eigenvalue weighted by Gasteiger charge is -2.04. The number of benzene rings is 1. The van der Waals surface area contributed by atoms with E-state index in [1.165, 1.54) is 12.1 Å². The van der Waals surface area contributed by atoms with Crippen LogP contribution in [0, 0.1) is 12.7 Å². The molecular weight excluding hydrogens is 179 g/mol. The van der Waals surface area contributed by atoms with E-state index in [1.807, 2.05) is 13.8 Å². The summed E-state index contributed by atoms with van der Waals surface area (Å²) in [6.07, 6.45) is 2.37. The lowest BCUT2D eigenvalue weighted by atomic mass is 10.0. The molecule has 0 aromatic heterocycles. The summed E-state index contributed by atoms with van der Waals surface area (Å²) in [6.45, 7) is 3.87. The van der Waals surface area contributed by atoms with Gasteiger partial charge in [0.05, 0.1) is 0 Å². The molecule has 1 aromatic carbocycles. The first-order chi connectivity index (χ1) is 6.65. The zero-order chi connectivity index (χ0) is 10.6. The monoisotopic (exact) mass is 194 g/mol. The van der Waals surface area contributed by atoms with Gasteiger partial charge in [-0.3, -0.25) is 4.79 Å². The minimum absolute atomic E-state index is 0.0452. The maximum atomic E-state index is 12.9. The van der Waals surface area contributed by atoms with Crippen LogP contribution in [0.15, 0.2) is 18.2 Å². The second-order valence-electron chi connectivity index (χ2n) is 3.49. The molecule has 0 aliphatic heterocycles. The van der Waals surface area contributed by atoms with E-state index in [4.69, 9.17) is 0 Å². The highest BCUT2D eigenvalue weighted by atomic mass is 19.1. The summed E-state index contributed by atoms with van der Waals surface area (Å²) in [5.74, 6) is -0.292. The second-order valence-corrected chi connectivity index (χ2v) is 3.49. The van der Waals surface area contributed by atoms with Crippen molar-refractivity contribution in [3.05, 3.63) is 35.1 Å². The first kappa shape index (κ1) is 10.9. The van der Waals surface area contributed by atoms with E-state index in [0.29, 0.717) is 12.0 Å². The van der Waals surface area contributed by atoms with E-state index in [2.05, 4.69) is 0 Å². The summed E-state index contributed by atoms with van der Waals surface area (Å²) < 4.78 is 12.9. The second kappa shape index (κ2) is 4.89. The van der Waals surface area contributed by atoms with Crippen LogP contribution in [0.1, 0.15) is 42.1 Å². The van der Waals surface area contributed by atoms with Gasteiger partial charge in [0.25, 0.3) is 0 Å². The van der Waals surface area contributed by atoms with Gasteiger partial charge in [-0.15, -0.1) is 0 Å². The van der Waals surface area contributed by atoms with Gasteiger partial charge >= 0.3 is 0 Å². The molecule has 2 heteroatoms. The van der Waals surface area contributed by atoms with Crippen molar-refractivity contribution in [2.75, 3.05) is 0 Å². The van der Waals surface area contributed by atoms with Crippen molar-refractivity contribution in [3.63, 3.8) is 0 Å². The minimum Gasteiger partial charge on any atom is -0.294 e. The van der Waals surface area contributed by atoms with E-state index in [9.17, 15) is 9.18 Å². The Balaban J connectivity index is 2.83. The Morgan fingerprint density at radius 1 is 1.43 bits per heavy atom. The molecule has 0 N–H and O–H groups in total. The van der Waals surface area contributed by atoms with Crippen LogP contribution >= 0.6 is 0 Å². The fourth-order valence-electron chi connectivity index (χ4n) is 1.37. The molecule has 0 saturated carbocycles. The van der Waals surface area contributed by atoms with Crippen LogP contribution in [0.2, 0.25) is 0 Å². The highest BCUT2D eigenvalue weighted by Crippen LogP contribution is 2.13. The average molecular weight is 194 g/mol. The van der Waals surface area contributed by atoms with Gasteiger partial charge < -0.3 is 0 Å². The van der Waals surface area contributed by atoms with Gasteiger partial charge in [0.2, 0.25) is 0 Å². The van der Waals surface area contributed by atoms with Crippen LogP contribution in [0.3, 0.4) is 0 Å². The largest absolute Gasteiger partial charge is 0.294 e. The topological polar surface area (TPSA) is 17.1 Å². The number of carbonyl (C=O) groups excluding carboxylic acids is 1. The number of hydrogen-bond donors (Lipinski definition) is 0. The number of aryl methyl sites for hydroxylation is 1. The Morgan fingerprint density at radius 2 is 2.14 bits per heavy atom. The van der Waals surface area contributed by atoms with Crippen LogP contribution in [0.25, 0.3) is 0 Å². The maximum Gasteiger partial charge on any atom is 0.163 e. The Morgan fingerprint density at radius 3 is 2.79 bits per heavy atom. The van der Waals surface area contributed by atoms with Crippen molar-refractivity contribution in [2.45, 2.75) is 33.1 Å². The molecule has 14 heavy (non-hydrogen) atoms. The third kappa shape index (κ3) is 2.66. The lowest BCUT2D eigenvalue weighted by Crippen LogP contribution is -2.02. The zero-order valence-corrected chi connectivity index (χ0v) is 8.64. The fraction of sp³-hybridized carbons (Fsp3) is 0.417. The van der Waals surface area contributed by atoms with Crippen molar-refractivity contribution in [3.8, 4) is 0 Å². The summed E-state index contributed by atoms with van der Waals surface area (Å²) in [5.41, 5.74) is 1.38. The van der Waals surface area contributed by atoms with E-state index in [-0.39, 0.29) is 11.6 Å². The Kier molecular flexibility index (Phi) is 3.81. The Labute approximate surface area is 83.9 Å². The molecule has 1 aromatic rings. The van der Waals surface area contributed by atoms with Gasteiger partial charge in [0.15, 0.2) is 5.78 Å². The first-order valence-electron chi connectivity index (χ1n) is 4.94. The van der Waals surface area contributed by atoms with Gasteiger partial charge in [0.1, 0.15) is 5.82 Å². The Hall–Kier alpha value is -1.18. The predicted octanol–water partition coefficient (Wildman–Crippen LogP) is 3.51. The van der Waals surface area contributed by atoms with Gasteiger partial charge in [-0.25, -0.2) is 4.39 Å². The number of halogens is 1.